The van der Waals surface area contributed by atoms with Crippen molar-refractivity contribution in [2.24, 2.45) is 0 Å². The normalized spacial score (nSPS) is 17.7. The summed E-state index contributed by atoms with van der Waals surface area (Å²) in [6.45, 7) is 7.00. The molecule has 1 rings (SSSR count). The van der Waals surface area contributed by atoms with E-state index < -0.39 is 0 Å². The number of hydrogen-bond acceptors (Lipinski definition) is 1. The first kappa shape index (κ1) is 8.96. The van der Waals surface area contributed by atoms with Crippen LogP contribution in [0.15, 0.2) is 0 Å². The van der Waals surface area contributed by atoms with Gasteiger partial charge in [0.1, 0.15) is 0 Å². The van der Waals surface area contributed by atoms with E-state index in [1.165, 1.54) is 32.4 Å². The zero-order valence-electron chi connectivity index (χ0n) is 6.98. The van der Waals surface area contributed by atoms with Gasteiger partial charge in [-0.25, -0.2) is 0 Å². The molecule has 0 aromatic rings. The van der Waals surface area contributed by atoms with Crippen LogP contribution in [0.4, 0.5) is 0 Å². The van der Waals surface area contributed by atoms with Crippen molar-refractivity contribution in [1.82, 2.24) is 4.90 Å². The average Bonchev–Trinajstić information content (AvgIpc) is 1.84. The third-order valence-electron chi connectivity index (χ3n) is 1.58. The lowest BCUT2D eigenvalue weighted by Crippen LogP contribution is -2.32. The maximum Gasteiger partial charge on any atom is -0.000959 e. The molecule has 0 aliphatic carbocycles. The fourth-order valence-corrected chi connectivity index (χ4v) is 0.474. The largest absolute Gasteiger partial charge is 0.306 e. The molecule has 9 heavy (non-hydrogen) atoms. The van der Waals surface area contributed by atoms with E-state index in [1.807, 2.05) is 0 Å². The monoisotopic (exact) mass is 129 g/mol. The summed E-state index contributed by atoms with van der Waals surface area (Å²) in [6.07, 6.45) is 4.05. The summed E-state index contributed by atoms with van der Waals surface area (Å²) in [5, 5.41) is 0. The van der Waals surface area contributed by atoms with Crippen LogP contribution in [0.3, 0.4) is 0 Å². The van der Waals surface area contributed by atoms with Crippen LogP contribution in [0, 0.1) is 0 Å². The minimum absolute atomic E-state index is 1.32. The van der Waals surface area contributed by atoms with Crippen LogP contribution in [0.2, 0.25) is 0 Å². The molecule has 0 saturated carbocycles. The van der Waals surface area contributed by atoms with E-state index in [0.29, 0.717) is 0 Å². The second kappa shape index (κ2) is 6.09. The number of nitrogens with zero attached hydrogens (tertiary/aromatic N) is 1. The van der Waals surface area contributed by atoms with Gasteiger partial charge in [0, 0.05) is 0 Å². The molecule has 1 saturated heterocycles. The molecule has 1 nitrogen and oxygen atoms in total. The van der Waals surface area contributed by atoms with E-state index in [2.05, 4.69) is 25.8 Å². The van der Waals surface area contributed by atoms with Crippen LogP contribution in [0.1, 0.15) is 33.1 Å². The van der Waals surface area contributed by atoms with Gasteiger partial charge >= 0.3 is 0 Å². The van der Waals surface area contributed by atoms with E-state index in [-0.39, 0.29) is 0 Å². The van der Waals surface area contributed by atoms with Crippen molar-refractivity contribution in [3.05, 3.63) is 0 Å². The Hall–Kier alpha value is -0.0400. The molecule has 1 aliphatic heterocycles. The van der Waals surface area contributed by atoms with Crippen molar-refractivity contribution in [3.63, 3.8) is 0 Å². The third-order valence-corrected chi connectivity index (χ3v) is 1.58. The summed E-state index contributed by atoms with van der Waals surface area (Å²) in [5.41, 5.74) is 0. The van der Waals surface area contributed by atoms with Gasteiger partial charge in [-0.3, -0.25) is 0 Å². The molecular formula is C8H19N. The van der Waals surface area contributed by atoms with Crippen molar-refractivity contribution in [2.45, 2.75) is 33.1 Å². The van der Waals surface area contributed by atoms with Gasteiger partial charge in [-0.2, -0.15) is 0 Å². The molecule has 1 heteroatoms. The molecule has 1 fully saturated rings. The zero-order chi connectivity index (χ0) is 7.11. The lowest BCUT2D eigenvalue weighted by atomic mass is 10.3. The number of rotatable bonds is 1. The molecule has 0 atom stereocenters. The van der Waals surface area contributed by atoms with E-state index in [4.69, 9.17) is 0 Å². The molecule has 0 N–H and O–H groups in total. The first-order chi connectivity index (χ1) is 4.31. The van der Waals surface area contributed by atoms with Crippen molar-refractivity contribution in [1.29, 1.82) is 0 Å². The van der Waals surface area contributed by atoms with Crippen LogP contribution in [0.25, 0.3) is 0 Å². The third kappa shape index (κ3) is 5.84. The van der Waals surface area contributed by atoms with Crippen LogP contribution in [-0.2, 0) is 0 Å². The predicted molar refractivity (Wildman–Crippen MR) is 42.7 cm³/mol. The molecule has 0 aromatic heterocycles. The maximum atomic E-state index is 2.31. The summed E-state index contributed by atoms with van der Waals surface area (Å²) in [6, 6.07) is 0. The minimum Gasteiger partial charge on any atom is -0.306 e. The zero-order valence-corrected chi connectivity index (χ0v) is 6.98. The quantitative estimate of drug-likeness (QED) is 0.524. The Morgan fingerprint density at radius 3 is 1.44 bits per heavy atom. The Kier molecular flexibility index (Phi) is 6.06. The Morgan fingerprint density at radius 1 is 1.11 bits per heavy atom. The Labute approximate surface area is 59.1 Å². The summed E-state index contributed by atoms with van der Waals surface area (Å²) in [7, 11) is 2.14. The second-order valence-corrected chi connectivity index (χ2v) is 2.66. The Morgan fingerprint density at radius 2 is 1.44 bits per heavy atom. The first-order valence-electron chi connectivity index (χ1n) is 3.99. The molecule has 1 heterocycles. The average molecular weight is 129 g/mol. The van der Waals surface area contributed by atoms with Gasteiger partial charge in [-0.1, -0.05) is 26.7 Å². The molecule has 0 spiro atoms. The molecule has 0 radical (unpaired) electrons. The van der Waals surface area contributed by atoms with Gasteiger partial charge in [0.2, 0.25) is 0 Å². The van der Waals surface area contributed by atoms with E-state index in [9.17, 15) is 0 Å². The molecule has 56 valence electrons. The number of likely N-dealkylation sites (tertiary alicyclic amines) is 1. The highest BCUT2D eigenvalue weighted by atomic mass is 15.1. The lowest BCUT2D eigenvalue weighted by molar-refractivity contribution is 0.229. The van der Waals surface area contributed by atoms with Crippen molar-refractivity contribution < 1.29 is 0 Å². The minimum atomic E-state index is 1.32. The number of unbranched alkanes of at least 4 members (excludes halogenated alkanes) is 1. The molecule has 0 amide bonds. The van der Waals surface area contributed by atoms with Crippen molar-refractivity contribution in [2.75, 3.05) is 20.1 Å². The van der Waals surface area contributed by atoms with Gasteiger partial charge in [-0.05, 0) is 26.6 Å². The molecule has 0 bridgehead atoms. The van der Waals surface area contributed by atoms with Crippen molar-refractivity contribution in [3.8, 4) is 0 Å². The smallest absolute Gasteiger partial charge is 0.000959 e. The Bertz CT molecular complexity index is 46.5. The maximum absolute atomic E-state index is 2.31. The fourth-order valence-electron chi connectivity index (χ4n) is 0.474. The molecule has 0 aromatic carbocycles. The van der Waals surface area contributed by atoms with Crippen LogP contribution >= 0.6 is 0 Å². The van der Waals surface area contributed by atoms with Gasteiger partial charge in [0.05, 0.1) is 0 Å². The van der Waals surface area contributed by atoms with E-state index >= 15 is 0 Å². The Balaban J connectivity index is 0.000000148. The molecular weight excluding hydrogens is 110 g/mol. The van der Waals surface area contributed by atoms with Gasteiger partial charge in [0.15, 0.2) is 0 Å². The summed E-state index contributed by atoms with van der Waals surface area (Å²) in [4.78, 5) is 2.31. The standard InChI is InChI=1S/C4H9N.C4H10/c1-5-3-2-4-5;1-3-4-2/h2-4H2,1H3;3-4H2,1-2H3. The highest BCUT2D eigenvalue weighted by molar-refractivity contribution is 4.61. The van der Waals surface area contributed by atoms with Gasteiger partial charge in [0.25, 0.3) is 0 Å². The number of hydrogen-bond donors (Lipinski definition) is 0. The van der Waals surface area contributed by atoms with E-state index in [1.54, 1.807) is 0 Å². The van der Waals surface area contributed by atoms with E-state index in [0.717, 1.165) is 0 Å². The summed E-state index contributed by atoms with van der Waals surface area (Å²) >= 11 is 0. The van der Waals surface area contributed by atoms with Crippen LogP contribution in [-0.4, -0.2) is 25.0 Å². The highest BCUT2D eigenvalue weighted by Crippen LogP contribution is 1.98. The fraction of sp³-hybridized carbons (Fsp3) is 1.00. The van der Waals surface area contributed by atoms with Crippen LogP contribution < -0.4 is 0 Å². The highest BCUT2D eigenvalue weighted by Gasteiger charge is 2.04. The summed E-state index contributed by atoms with van der Waals surface area (Å²) in [5.74, 6) is 0. The van der Waals surface area contributed by atoms with Gasteiger partial charge in [-0.15, -0.1) is 0 Å². The first-order valence-corrected chi connectivity index (χ1v) is 3.99. The SMILES string of the molecule is CCCC.CN1CCC1. The van der Waals surface area contributed by atoms with Gasteiger partial charge < -0.3 is 4.90 Å². The lowest BCUT2D eigenvalue weighted by Gasteiger charge is -2.24. The predicted octanol–water partition coefficient (Wildman–Crippen LogP) is 2.13. The topological polar surface area (TPSA) is 3.24 Å². The molecule has 1 aliphatic rings. The van der Waals surface area contributed by atoms with Crippen LogP contribution in [0.5, 0.6) is 0 Å². The van der Waals surface area contributed by atoms with Crippen molar-refractivity contribution >= 4 is 0 Å². The summed E-state index contributed by atoms with van der Waals surface area (Å²) < 4.78 is 0. The second-order valence-electron chi connectivity index (χ2n) is 2.66. The molecule has 0 unspecified atom stereocenters.